The van der Waals surface area contributed by atoms with E-state index in [1.807, 2.05) is 25.1 Å². The summed E-state index contributed by atoms with van der Waals surface area (Å²) in [6.45, 7) is 7.15. The van der Waals surface area contributed by atoms with Crippen LogP contribution in [0.15, 0.2) is 36.4 Å². The van der Waals surface area contributed by atoms with Crippen molar-refractivity contribution in [2.75, 3.05) is 42.2 Å². The van der Waals surface area contributed by atoms with Crippen LogP contribution < -0.4 is 15.5 Å². The van der Waals surface area contributed by atoms with Gasteiger partial charge in [0, 0.05) is 54.7 Å². The average molecular weight is 382 g/mol. The number of carbonyl (C=O) groups excluding carboxylic acids is 1. The zero-order valence-corrected chi connectivity index (χ0v) is 16.6. The van der Waals surface area contributed by atoms with E-state index >= 15 is 0 Å². The zero-order chi connectivity index (χ0) is 19.8. The molecule has 2 aromatic carbocycles. The minimum absolute atomic E-state index is 0.140. The van der Waals surface area contributed by atoms with Gasteiger partial charge in [-0.05, 0) is 50.7 Å². The predicted octanol–water partition coefficient (Wildman–Crippen LogP) is 3.25. The summed E-state index contributed by atoms with van der Waals surface area (Å²) in [5.74, 6) is -0.395. The second kappa shape index (κ2) is 7.43. The van der Waals surface area contributed by atoms with E-state index in [4.69, 9.17) is 0 Å². The summed E-state index contributed by atoms with van der Waals surface area (Å²) in [5.41, 5.74) is 4.18. The molecule has 0 radical (unpaired) electrons. The van der Waals surface area contributed by atoms with E-state index in [1.54, 1.807) is 6.07 Å². The molecule has 0 saturated carbocycles. The van der Waals surface area contributed by atoms with Crippen LogP contribution >= 0.6 is 0 Å². The van der Waals surface area contributed by atoms with Crippen molar-refractivity contribution in [3.8, 4) is 0 Å². The Bertz CT molecular complexity index is 869. The molecule has 4 rings (SSSR count). The van der Waals surface area contributed by atoms with Gasteiger partial charge in [-0.1, -0.05) is 12.1 Å². The lowest BCUT2D eigenvalue weighted by Gasteiger charge is -2.40. The summed E-state index contributed by atoms with van der Waals surface area (Å²) >= 11 is 0. The average Bonchev–Trinajstić information content (AvgIpc) is 3.12. The number of hydrogen-bond acceptors (Lipinski definition) is 4. The molecule has 1 fully saturated rings. The molecule has 2 atom stereocenters. The maximum atomic E-state index is 14.1. The number of carbonyl (C=O) groups is 1. The number of halogens is 1. The molecule has 2 N–H and O–H groups in total. The van der Waals surface area contributed by atoms with Crippen molar-refractivity contribution in [3.05, 3.63) is 53.3 Å². The molecule has 148 valence electrons. The Balaban J connectivity index is 1.46. The van der Waals surface area contributed by atoms with Gasteiger partial charge in [0.25, 0.3) is 0 Å². The molecular weight excluding hydrogens is 355 g/mol. The van der Waals surface area contributed by atoms with Gasteiger partial charge in [0.2, 0.25) is 5.91 Å². The Hall–Kier alpha value is -2.60. The van der Waals surface area contributed by atoms with E-state index < -0.39 is 6.04 Å². The second-order valence-corrected chi connectivity index (χ2v) is 7.96. The van der Waals surface area contributed by atoms with Crippen LogP contribution in [0.4, 0.5) is 21.5 Å². The van der Waals surface area contributed by atoms with Crippen molar-refractivity contribution in [1.82, 2.24) is 4.90 Å². The van der Waals surface area contributed by atoms with Crippen LogP contribution in [-0.4, -0.2) is 49.6 Å². The van der Waals surface area contributed by atoms with Gasteiger partial charge in [0.15, 0.2) is 0 Å². The van der Waals surface area contributed by atoms with E-state index in [0.717, 1.165) is 42.3 Å². The van der Waals surface area contributed by atoms with Gasteiger partial charge >= 0.3 is 0 Å². The van der Waals surface area contributed by atoms with Gasteiger partial charge in [-0.2, -0.15) is 0 Å². The molecule has 2 unspecified atom stereocenters. The molecule has 2 heterocycles. The highest BCUT2D eigenvalue weighted by Crippen LogP contribution is 2.32. The van der Waals surface area contributed by atoms with Crippen molar-refractivity contribution >= 4 is 23.0 Å². The summed E-state index contributed by atoms with van der Waals surface area (Å²) in [6.07, 6.45) is 0.365. The zero-order valence-electron chi connectivity index (χ0n) is 16.6. The van der Waals surface area contributed by atoms with E-state index in [0.29, 0.717) is 18.0 Å². The summed E-state index contributed by atoms with van der Waals surface area (Å²) in [7, 11) is 2.14. The maximum absolute atomic E-state index is 14.1. The number of aryl methyl sites for hydroxylation is 1. The van der Waals surface area contributed by atoms with E-state index in [9.17, 15) is 9.18 Å². The summed E-state index contributed by atoms with van der Waals surface area (Å²) in [4.78, 5) is 17.5. The molecule has 0 spiro atoms. The van der Waals surface area contributed by atoms with Crippen LogP contribution in [0.3, 0.4) is 0 Å². The van der Waals surface area contributed by atoms with E-state index in [2.05, 4.69) is 40.5 Å². The standard InChI is InChI=1S/C22H27FN4O/c1-14-7-8-19(23)18-12-20(25-21(14)18)22(28)24-16-5-4-6-17(11-16)27-10-9-26(3)13-15(27)2/h4-8,11,15,20,25H,9-10,12-13H2,1-3H3,(H,24,28). The summed E-state index contributed by atoms with van der Waals surface area (Å²) in [5, 5.41) is 6.19. The SMILES string of the molecule is Cc1ccc(F)c2c1NC(C(=O)Nc1cccc(N3CCN(C)CC3C)c1)C2. The van der Waals surface area contributed by atoms with Gasteiger partial charge in [-0.3, -0.25) is 4.79 Å². The Morgan fingerprint density at radius 2 is 2.07 bits per heavy atom. The minimum atomic E-state index is -0.461. The Kier molecular flexibility index (Phi) is 4.98. The van der Waals surface area contributed by atoms with Crippen LogP contribution in [0.1, 0.15) is 18.1 Å². The molecule has 1 amide bonds. The van der Waals surface area contributed by atoms with Crippen molar-refractivity contribution in [3.63, 3.8) is 0 Å². The molecule has 28 heavy (non-hydrogen) atoms. The highest BCUT2D eigenvalue weighted by molar-refractivity contribution is 5.98. The van der Waals surface area contributed by atoms with Gasteiger partial charge in [0.05, 0.1) is 0 Å². The van der Waals surface area contributed by atoms with Gasteiger partial charge in [0.1, 0.15) is 11.9 Å². The monoisotopic (exact) mass is 382 g/mol. The summed E-state index contributed by atoms with van der Waals surface area (Å²) < 4.78 is 14.1. The highest BCUT2D eigenvalue weighted by atomic mass is 19.1. The fourth-order valence-corrected chi connectivity index (χ4v) is 4.24. The molecule has 2 aliphatic heterocycles. The first-order chi connectivity index (χ1) is 13.4. The lowest BCUT2D eigenvalue weighted by atomic mass is 10.1. The van der Waals surface area contributed by atoms with E-state index in [-0.39, 0.29) is 11.7 Å². The first kappa shape index (κ1) is 18.7. The first-order valence-corrected chi connectivity index (χ1v) is 9.83. The fraction of sp³-hybridized carbons (Fsp3) is 0.409. The van der Waals surface area contributed by atoms with Gasteiger partial charge in [-0.25, -0.2) is 4.39 Å². The first-order valence-electron chi connectivity index (χ1n) is 9.83. The maximum Gasteiger partial charge on any atom is 0.247 e. The molecule has 2 aromatic rings. The molecule has 6 heteroatoms. The number of nitrogens with zero attached hydrogens (tertiary/aromatic N) is 2. The van der Waals surface area contributed by atoms with E-state index in [1.165, 1.54) is 6.07 Å². The minimum Gasteiger partial charge on any atom is -0.373 e. The second-order valence-electron chi connectivity index (χ2n) is 7.96. The number of anilines is 3. The normalized spacial score (nSPS) is 21.9. The molecule has 0 bridgehead atoms. The van der Waals surface area contributed by atoms with Crippen molar-refractivity contribution in [2.45, 2.75) is 32.4 Å². The third kappa shape index (κ3) is 3.56. The topological polar surface area (TPSA) is 47.6 Å². The lowest BCUT2D eigenvalue weighted by molar-refractivity contribution is -0.116. The van der Waals surface area contributed by atoms with Gasteiger partial charge < -0.3 is 20.4 Å². The number of likely N-dealkylation sites (N-methyl/N-ethyl adjacent to an activating group) is 1. The number of benzene rings is 2. The van der Waals surface area contributed by atoms with Gasteiger partial charge in [-0.15, -0.1) is 0 Å². The van der Waals surface area contributed by atoms with Crippen LogP contribution in [-0.2, 0) is 11.2 Å². The number of fused-ring (bicyclic) bond motifs is 1. The number of amides is 1. The largest absolute Gasteiger partial charge is 0.373 e. The Morgan fingerprint density at radius 3 is 2.82 bits per heavy atom. The Labute approximate surface area is 165 Å². The third-order valence-electron chi connectivity index (χ3n) is 5.78. The molecule has 0 aliphatic carbocycles. The smallest absolute Gasteiger partial charge is 0.247 e. The van der Waals surface area contributed by atoms with Crippen molar-refractivity contribution < 1.29 is 9.18 Å². The van der Waals surface area contributed by atoms with Crippen LogP contribution in [0, 0.1) is 12.7 Å². The third-order valence-corrected chi connectivity index (χ3v) is 5.78. The highest BCUT2D eigenvalue weighted by Gasteiger charge is 2.30. The number of nitrogens with one attached hydrogen (secondary N) is 2. The van der Waals surface area contributed by atoms with Crippen LogP contribution in [0.2, 0.25) is 0 Å². The number of piperazine rings is 1. The lowest BCUT2D eigenvalue weighted by Crippen LogP contribution is -2.50. The number of hydrogen-bond donors (Lipinski definition) is 2. The van der Waals surface area contributed by atoms with Crippen LogP contribution in [0.25, 0.3) is 0 Å². The molecule has 1 saturated heterocycles. The molecule has 0 aromatic heterocycles. The number of rotatable bonds is 3. The summed E-state index contributed by atoms with van der Waals surface area (Å²) in [6, 6.07) is 11.1. The van der Waals surface area contributed by atoms with Crippen molar-refractivity contribution in [2.24, 2.45) is 0 Å². The Morgan fingerprint density at radius 1 is 1.25 bits per heavy atom. The van der Waals surface area contributed by atoms with Crippen molar-refractivity contribution in [1.29, 1.82) is 0 Å². The van der Waals surface area contributed by atoms with Crippen LogP contribution in [0.5, 0.6) is 0 Å². The molecular formula is C22H27FN4O. The quantitative estimate of drug-likeness (QED) is 0.856. The molecule has 5 nitrogen and oxygen atoms in total. The fourth-order valence-electron chi connectivity index (χ4n) is 4.24. The molecule has 2 aliphatic rings. The predicted molar refractivity (Wildman–Crippen MR) is 112 cm³/mol.